The van der Waals surface area contributed by atoms with Crippen molar-refractivity contribution in [2.45, 2.75) is 31.6 Å². The van der Waals surface area contributed by atoms with Crippen LogP contribution in [0.5, 0.6) is 0 Å². The number of hydrogen-bond donors (Lipinski definition) is 1. The molecule has 1 N–H and O–H groups in total. The van der Waals surface area contributed by atoms with E-state index < -0.39 is 5.60 Å². The highest BCUT2D eigenvalue weighted by molar-refractivity contribution is 7.99. The standard InChI is InChI=1S/C7H12N2O2S/c1-5-8-9-6(11-5)12-4-7(2,3)10/h10H,4H2,1-3H3. The zero-order valence-corrected chi connectivity index (χ0v) is 8.18. The molecule has 0 bridgehead atoms. The molecule has 1 heterocycles. The van der Waals surface area contributed by atoms with Gasteiger partial charge in [0.25, 0.3) is 5.22 Å². The first-order valence-electron chi connectivity index (χ1n) is 3.63. The minimum atomic E-state index is -0.701. The summed E-state index contributed by atoms with van der Waals surface area (Å²) in [6.45, 7) is 5.22. The summed E-state index contributed by atoms with van der Waals surface area (Å²) in [6, 6.07) is 0. The summed E-state index contributed by atoms with van der Waals surface area (Å²) in [7, 11) is 0. The quantitative estimate of drug-likeness (QED) is 0.723. The first kappa shape index (κ1) is 9.54. The van der Waals surface area contributed by atoms with Gasteiger partial charge in [-0.1, -0.05) is 11.8 Å². The Morgan fingerprint density at radius 3 is 2.58 bits per heavy atom. The Morgan fingerprint density at radius 2 is 2.17 bits per heavy atom. The van der Waals surface area contributed by atoms with E-state index in [1.54, 1.807) is 20.8 Å². The molecule has 1 rings (SSSR count). The monoisotopic (exact) mass is 188 g/mol. The zero-order valence-electron chi connectivity index (χ0n) is 7.37. The highest BCUT2D eigenvalue weighted by Gasteiger charge is 2.14. The van der Waals surface area contributed by atoms with Crippen LogP contribution in [0.1, 0.15) is 19.7 Å². The summed E-state index contributed by atoms with van der Waals surface area (Å²) >= 11 is 1.36. The van der Waals surface area contributed by atoms with E-state index in [1.165, 1.54) is 11.8 Å². The fourth-order valence-electron chi connectivity index (χ4n) is 0.575. The normalized spacial score (nSPS) is 12.0. The first-order valence-corrected chi connectivity index (χ1v) is 4.61. The van der Waals surface area contributed by atoms with Crippen molar-refractivity contribution in [3.8, 4) is 0 Å². The molecule has 68 valence electrons. The van der Waals surface area contributed by atoms with E-state index in [-0.39, 0.29) is 0 Å². The molecule has 0 aliphatic heterocycles. The number of rotatable bonds is 3. The van der Waals surface area contributed by atoms with Gasteiger partial charge in [-0.25, -0.2) is 0 Å². The zero-order chi connectivity index (χ0) is 9.19. The number of aliphatic hydroxyl groups is 1. The highest BCUT2D eigenvalue weighted by atomic mass is 32.2. The van der Waals surface area contributed by atoms with Gasteiger partial charge in [-0.2, -0.15) is 0 Å². The molecule has 4 nitrogen and oxygen atoms in total. The number of aryl methyl sites for hydroxylation is 1. The van der Waals surface area contributed by atoms with Gasteiger partial charge in [-0.15, -0.1) is 10.2 Å². The number of nitrogens with zero attached hydrogens (tertiary/aromatic N) is 2. The molecule has 1 aromatic heterocycles. The van der Waals surface area contributed by atoms with Crippen LogP contribution in [0.3, 0.4) is 0 Å². The van der Waals surface area contributed by atoms with Crippen LogP contribution in [0, 0.1) is 6.92 Å². The smallest absolute Gasteiger partial charge is 0.276 e. The van der Waals surface area contributed by atoms with Gasteiger partial charge < -0.3 is 9.52 Å². The van der Waals surface area contributed by atoms with Crippen LogP contribution in [0.15, 0.2) is 9.64 Å². The van der Waals surface area contributed by atoms with E-state index in [1.807, 2.05) is 0 Å². The SMILES string of the molecule is Cc1nnc(SCC(C)(C)O)o1. The summed E-state index contributed by atoms with van der Waals surface area (Å²) in [5, 5.41) is 17.3. The third kappa shape index (κ3) is 3.23. The van der Waals surface area contributed by atoms with Crippen molar-refractivity contribution in [2.24, 2.45) is 0 Å². The van der Waals surface area contributed by atoms with Crippen molar-refractivity contribution < 1.29 is 9.52 Å². The summed E-state index contributed by atoms with van der Waals surface area (Å²) in [5.74, 6) is 1.10. The lowest BCUT2D eigenvalue weighted by Crippen LogP contribution is -2.21. The van der Waals surface area contributed by atoms with E-state index in [0.717, 1.165) is 0 Å². The number of aromatic nitrogens is 2. The molecule has 1 aromatic rings. The molecule has 0 saturated carbocycles. The Labute approximate surface area is 75.4 Å². The average Bonchev–Trinajstić information content (AvgIpc) is 2.30. The lowest BCUT2D eigenvalue weighted by molar-refractivity contribution is 0.106. The predicted octanol–water partition coefficient (Wildman–Crippen LogP) is 1.24. The Morgan fingerprint density at radius 1 is 1.50 bits per heavy atom. The molecule has 0 fully saturated rings. The van der Waals surface area contributed by atoms with Gasteiger partial charge in [0.05, 0.1) is 5.60 Å². The maximum absolute atomic E-state index is 9.38. The summed E-state index contributed by atoms with van der Waals surface area (Å²) in [4.78, 5) is 0. The minimum absolute atomic E-state index is 0.509. The second-order valence-electron chi connectivity index (χ2n) is 3.19. The molecule has 0 spiro atoms. The molecule has 0 aliphatic carbocycles. The molecule has 0 saturated heterocycles. The van der Waals surface area contributed by atoms with E-state index >= 15 is 0 Å². The van der Waals surface area contributed by atoms with E-state index in [0.29, 0.717) is 16.9 Å². The molecule has 0 aromatic carbocycles. The van der Waals surface area contributed by atoms with Crippen LogP contribution in [-0.2, 0) is 0 Å². The average molecular weight is 188 g/mol. The molecular weight excluding hydrogens is 176 g/mol. The Hall–Kier alpha value is -0.550. The molecule has 12 heavy (non-hydrogen) atoms. The van der Waals surface area contributed by atoms with Crippen LogP contribution < -0.4 is 0 Å². The third-order valence-electron chi connectivity index (χ3n) is 1.06. The molecule has 5 heteroatoms. The number of thioether (sulfide) groups is 1. The van der Waals surface area contributed by atoms with Crippen molar-refractivity contribution in [1.29, 1.82) is 0 Å². The first-order chi connectivity index (χ1) is 5.47. The Kier molecular flexibility index (Phi) is 2.74. The Balaban J connectivity index is 2.44. The van der Waals surface area contributed by atoms with Crippen molar-refractivity contribution in [3.63, 3.8) is 0 Å². The van der Waals surface area contributed by atoms with Crippen molar-refractivity contribution >= 4 is 11.8 Å². The van der Waals surface area contributed by atoms with Crippen LogP contribution in [0.4, 0.5) is 0 Å². The van der Waals surface area contributed by atoms with Crippen molar-refractivity contribution in [3.05, 3.63) is 5.89 Å². The van der Waals surface area contributed by atoms with Gasteiger partial charge in [-0.3, -0.25) is 0 Å². The number of hydrogen-bond acceptors (Lipinski definition) is 5. The maximum Gasteiger partial charge on any atom is 0.276 e. The second kappa shape index (κ2) is 3.45. The molecule has 0 radical (unpaired) electrons. The fourth-order valence-corrected chi connectivity index (χ4v) is 1.33. The lowest BCUT2D eigenvalue weighted by atomic mass is 10.2. The van der Waals surface area contributed by atoms with Crippen LogP contribution in [0.2, 0.25) is 0 Å². The summed E-state index contributed by atoms with van der Waals surface area (Å²) in [6.07, 6.45) is 0. The molecule has 0 aliphatic rings. The predicted molar refractivity (Wildman–Crippen MR) is 46.1 cm³/mol. The Bertz CT molecular complexity index is 254. The van der Waals surface area contributed by atoms with Crippen LogP contribution >= 0.6 is 11.8 Å². The van der Waals surface area contributed by atoms with Crippen molar-refractivity contribution in [2.75, 3.05) is 5.75 Å². The van der Waals surface area contributed by atoms with Gasteiger partial charge in [0.15, 0.2) is 0 Å². The topological polar surface area (TPSA) is 59.2 Å². The van der Waals surface area contributed by atoms with Gasteiger partial charge in [0, 0.05) is 12.7 Å². The van der Waals surface area contributed by atoms with Gasteiger partial charge in [0.2, 0.25) is 5.89 Å². The lowest BCUT2D eigenvalue weighted by Gasteiger charge is -2.13. The highest BCUT2D eigenvalue weighted by Crippen LogP contribution is 2.20. The minimum Gasteiger partial charge on any atom is -0.416 e. The molecule has 0 amide bonds. The molecule has 0 atom stereocenters. The van der Waals surface area contributed by atoms with Gasteiger partial charge in [0.1, 0.15) is 0 Å². The fraction of sp³-hybridized carbons (Fsp3) is 0.714. The van der Waals surface area contributed by atoms with Crippen molar-refractivity contribution in [1.82, 2.24) is 10.2 Å². The second-order valence-corrected chi connectivity index (χ2v) is 4.11. The summed E-state index contributed by atoms with van der Waals surface area (Å²) < 4.78 is 5.11. The van der Waals surface area contributed by atoms with Gasteiger partial charge in [-0.05, 0) is 13.8 Å². The largest absolute Gasteiger partial charge is 0.416 e. The van der Waals surface area contributed by atoms with E-state index in [2.05, 4.69) is 10.2 Å². The van der Waals surface area contributed by atoms with Gasteiger partial charge >= 0.3 is 0 Å². The maximum atomic E-state index is 9.38. The van der Waals surface area contributed by atoms with Crippen LogP contribution in [0.25, 0.3) is 0 Å². The molecular formula is C7H12N2O2S. The summed E-state index contributed by atoms with van der Waals surface area (Å²) in [5.41, 5.74) is -0.701. The van der Waals surface area contributed by atoms with E-state index in [9.17, 15) is 5.11 Å². The van der Waals surface area contributed by atoms with E-state index in [4.69, 9.17) is 4.42 Å². The molecule has 0 unspecified atom stereocenters. The third-order valence-corrected chi connectivity index (χ3v) is 2.32. The van der Waals surface area contributed by atoms with Crippen LogP contribution in [-0.4, -0.2) is 26.7 Å².